The molecule has 0 aliphatic carbocycles. The summed E-state index contributed by atoms with van der Waals surface area (Å²) in [6.45, 7) is 4.33. The molecule has 7 nitrogen and oxygen atoms in total. The zero-order valence-corrected chi connectivity index (χ0v) is 17.1. The van der Waals surface area contributed by atoms with Crippen LogP contribution in [0.15, 0.2) is 34.5 Å². The Balaban J connectivity index is 2.18. The molecule has 2 aromatic rings. The Labute approximate surface area is 158 Å². The number of carbonyl (C=O) groups is 1. The van der Waals surface area contributed by atoms with Crippen LogP contribution in [0.2, 0.25) is 0 Å². The van der Waals surface area contributed by atoms with E-state index in [1.165, 1.54) is 15.6 Å². The van der Waals surface area contributed by atoms with Crippen molar-refractivity contribution >= 4 is 32.4 Å². The number of carbonyl (C=O) groups excluding carboxylic acids is 1. The number of benzene rings is 1. The summed E-state index contributed by atoms with van der Waals surface area (Å²) in [5.74, 6) is -0.399. The van der Waals surface area contributed by atoms with E-state index in [4.69, 9.17) is 0 Å². The molecule has 0 unspecified atom stereocenters. The van der Waals surface area contributed by atoms with E-state index in [0.717, 1.165) is 16.2 Å². The summed E-state index contributed by atoms with van der Waals surface area (Å²) >= 11 is 1.31. The highest BCUT2D eigenvalue weighted by atomic mass is 32.2. The van der Waals surface area contributed by atoms with Gasteiger partial charge in [0.2, 0.25) is 15.9 Å². The fraction of sp³-hybridized carbons (Fsp3) is 0.412. The molecule has 0 radical (unpaired) electrons. The van der Waals surface area contributed by atoms with Gasteiger partial charge in [-0.15, -0.1) is 11.3 Å². The molecule has 1 amide bonds. The lowest BCUT2D eigenvalue weighted by Crippen LogP contribution is -3.06. The largest absolute Gasteiger partial charge is 0.339 e. The topological polar surface area (TPSA) is 83.8 Å². The normalized spacial score (nSPS) is 11.9. The molecule has 1 heterocycles. The van der Waals surface area contributed by atoms with Crippen LogP contribution < -0.4 is 10.2 Å². The van der Waals surface area contributed by atoms with Crippen LogP contribution in [0.25, 0.3) is 0 Å². The smallest absolute Gasteiger partial charge is 0.243 e. The van der Waals surface area contributed by atoms with Gasteiger partial charge < -0.3 is 10.2 Å². The van der Waals surface area contributed by atoms with Gasteiger partial charge >= 0.3 is 0 Å². The predicted octanol–water partition coefficient (Wildman–Crippen LogP) is 0.534. The number of hydrogen-bond acceptors (Lipinski definition) is 5. The number of amides is 1. The molecule has 0 aliphatic heterocycles. The number of aromatic nitrogens is 1. The maximum atomic E-state index is 13.0. The van der Waals surface area contributed by atoms with E-state index in [9.17, 15) is 13.2 Å². The Morgan fingerprint density at radius 2 is 1.88 bits per heavy atom. The zero-order chi connectivity index (χ0) is 19.3. The minimum absolute atomic E-state index is 0.190. The monoisotopic (exact) mass is 397 g/mol. The standard InChI is InChI=1S/C17H24N4O3S2/c1-13-5-7-15(8-6-13)26(23,24)21(10-9-20(3)4)11-16(22)19-17-18-14(2)12-25-17/h5-8,12H,9-11H2,1-4H3,(H,18,19,22)/p+1. The fourth-order valence-electron chi connectivity index (χ4n) is 2.22. The Morgan fingerprint density at radius 3 is 2.42 bits per heavy atom. The first kappa shape index (κ1) is 20.5. The first-order valence-electron chi connectivity index (χ1n) is 8.26. The van der Waals surface area contributed by atoms with Gasteiger partial charge in [-0.3, -0.25) is 4.79 Å². The lowest BCUT2D eigenvalue weighted by molar-refractivity contribution is -0.857. The molecule has 26 heavy (non-hydrogen) atoms. The van der Waals surface area contributed by atoms with Crippen LogP contribution >= 0.6 is 11.3 Å². The van der Waals surface area contributed by atoms with Crippen molar-refractivity contribution in [3.8, 4) is 0 Å². The van der Waals surface area contributed by atoms with Crippen molar-refractivity contribution in [2.24, 2.45) is 0 Å². The van der Waals surface area contributed by atoms with Gasteiger partial charge in [0.1, 0.15) is 0 Å². The minimum Gasteiger partial charge on any atom is -0.339 e. The highest BCUT2D eigenvalue weighted by molar-refractivity contribution is 7.89. The van der Waals surface area contributed by atoms with Gasteiger partial charge in [0.15, 0.2) is 5.13 Å². The number of thiazole rings is 1. The average Bonchev–Trinajstić information content (AvgIpc) is 2.96. The molecule has 0 saturated carbocycles. The SMILES string of the molecule is Cc1ccc(S(=O)(=O)N(CC[NH+](C)C)CC(=O)Nc2nc(C)cs2)cc1. The summed E-state index contributed by atoms with van der Waals surface area (Å²) in [5.41, 5.74) is 1.79. The van der Waals surface area contributed by atoms with Gasteiger partial charge in [0, 0.05) is 5.38 Å². The maximum Gasteiger partial charge on any atom is 0.243 e. The van der Waals surface area contributed by atoms with Gasteiger partial charge in [-0.05, 0) is 26.0 Å². The molecule has 0 saturated heterocycles. The second-order valence-electron chi connectivity index (χ2n) is 6.45. The third-order valence-electron chi connectivity index (χ3n) is 3.71. The van der Waals surface area contributed by atoms with Crippen molar-refractivity contribution in [3.05, 3.63) is 40.9 Å². The van der Waals surface area contributed by atoms with E-state index in [1.54, 1.807) is 24.3 Å². The van der Waals surface area contributed by atoms with Crippen LogP contribution in [0.5, 0.6) is 0 Å². The molecule has 2 N–H and O–H groups in total. The molecule has 0 atom stereocenters. The van der Waals surface area contributed by atoms with E-state index in [2.05, 4.69) is 10.3 Å². The third-order valence-corrected chi connectivity index (χ3v) is 6.44. The van der Waals surface area contributed by atoms with Crippen LogP contribution in [-0.2, 0) is 14.8 Å². The van der Waals surface area contributed by atoms with E-state index >= 15 is 0 Å². The van der Waals surface area contributed by atoms with E-state index in [0.29, 0.717) is 11.7 Å². The van der Waals surface area contributed by atoms with Crippen molar-refractivity contribution in [3.63, 3.8) is 0 Å². The lowest BCUT2D eigenvalue weighted by atomic mass is 10.2. The Morgan fingerprint density at radius 1 is 1.23 bits per heavy atom. The Kier molecular flexibility index (Phi) is 6.87. The molecule has 0 fully saturated rings. The zero-order valence-electron chi connectivity index (χ0n) is 15.4. The second kappa shape index (κ2) is 8.72. The average molecular weight is 398 g/mol. The summed E-state index contributed by atoms with van der Waals surface area (Å²) in [5, 5.41) is 4.97. The van der Waals surface area contributed by atoms with Crippen molar-refractivity contribution in [1.82, 2.24) is 9.29 Å². The predicted molar refractivity (Wildman–Crippen MR) is 103 cm³/mol. The quantitative estimate of drug-likeness (QED) is 0.681. The fourth-order valence-corrected chi connectivity index (χ4v) is 4.32. The molecule has 0 spiro atoms. The van der Waals surface area contributed by atoms with Gasteiger partial charge in [0.05, 0.1) is 44.3 Å². The number of anilines is 1. The molecule has 1 aromatic carbocycles. The number of rotatable bonds is 8. The molecule has 1 aromatic heterocycles. The molecule has 0 bridgehead atoms. The number of likely N-dealkylation sites (N-methyl/N-ethyl adjacent to an activating group) is 1. The number of quaternary nitrogens is 1. The second-order valence-corrected chi connectivity index (χ2v) is 9.25. The lowest BCUT2D eigenvalue weighted by Gasteiger charge is -2.22. The van der Waals surface area contributed by atoms with Crippen molar-refractivity contribution in [1.29, 1.82) is 0 Å². The number of nitrogens with one attached hydrogen (secondary N) is 2. The molecule has 2 rings (SSSR count). The van der Waals surface area contributed by atoms with Crippen molar-refractivity contribution in [2.45, 2.75) is 18.7 Å². The van der Waals surface area contributed by atoms with Crippen LogP contribution in [0.1, 0.15) is 11.3 Å². The van der Waals surface area contributed by atoms with Crippen molar-refractivity contribution in [2.75, 3.05) is 39.0 Å². The summed E-state index contributed by atoms with van der Waals surface area (Å²) in [6, 6.07) is 6.64. The molecule has 142 valence electrons. The molecule has 9 heteroatoms. The van der Waals surface area contributed by atoms with Gasteiger partial charge in [-0.1, -0.05) is 17.7 Å². The number of aryl methyl sites for hydroxylation is 2. The van der Waals surface area contributed by atoms with Crippen LogP contribution in [0.3, 0.4) is 0 Å². The molecular formula is C17H25N4O3S2+. The van der Waals surface area contributed by atoms with Crippen LogP contribution in [0.4, 0.5) is 5.13 Å². The third kappa shape index (κ3) is 5.60. The molecular weight excluding hydrogens is 372 g/mol. The number of nitrogens with zero attached hydrogens (tertiary/aromatic N) is 2. The van der Waals surface area contributed by atoms with Gasteiger partial charge in [-0.25, -0.2) is 13.4 Å². The van der Waals surface area contributed by atoms with E-state index < -0.39 is 15.9 Å². The van der Waals surface area contributed by atoms with Crippen molar-refractivity contribution < 1.29 is 18.1 Å². The van der Waals surface area contributed by atoms with Crippen LogP contribution in [0, 0.1) is 13.8 Å². The summed E-state index contributed by atoms with van der Waals surface area (Å²) in [7, 11) is 0.126. The van der Waals surface area contributed by atoms with Crippen LogP contribution in [-0.4, -0.2) is 57.3 Å². The first-order valence-corrected chi connectivity index (χ1v) is 10.6. The van der Waals surface area contributed by atoms with Gasteiger partial charge in [-0.2, -0.15) is 4.31 Å². The van der Waals surface area contributed by atoms with Gasteiger partial charge in [0.25, 0.3) is 0 Å². The highest BCUT2D eigenvalue weighted by Gasteiger charge is 2.27. The Bertz CT molecular complexity index is 845. The highest BCUT2D eigenvalue weighted by Crippen LogP contribution is 2.17. The minimum atomic E-state index is -3.75. The van der Waals surface area contributed by atoms with E-state index in [1.807, 2.05) is 33.3 Å². The summed E-state index contributed by atoms with van der Waals surface area (Å²) < 4.78 is 27.2. The summed E-state index contributed by atoms with van der Waals surface area (Å²) in [6.07, 6.45) is 0. The number of sulfonamides is 1. The van der Waals surface area contributed by atoms with E-state index in [-0.39, 0.29) is 18.0 Å². The summed E-state index contributed by atoms with van der Waals surface area (Å²) in [4.78, 5) is 17.8. The first-order chi connectivity index (χ1) is 12.2. The molecule has 0 aliphatic rings. The maximum absolute atomic E-state index is 13.0. The number of hydrogen-bond donors (Lipinski definition) is 2. The Hall–Kier alpha value is -1.81.